The number of fused-ring (bicyclic) bond motifs is 1. The van der Waals surface area contributed by atoms with Gasteiger partial charge in [0.05, 0.1) is 11.6 Å². The van der Waals surface area contributed by atoms with Gasteiger partial charge in [-0.25, -0.2) is 0 Å². The molecule has 43 heavy (non-hydrogen) atoms. The van der Waals surface area contributed by atoms with Gasteiger partial charge in [-0.2, -0.15) is 0 Å². The summed E-state index contributed by atoms with van der Waals surface area (Å²) >= 11 is 0. The third kappa shape index (κ3) is 9.10. The maximum absolute atomic E-state index is 13.6. The summed E-state index contributed by atoms with van der Waals surface area (Å²) in [7, 11) is -1.11. The third-order valence-corrected chi connectivity index (χ3v) is 7.69. The van der Waals surface area contributed by atoms with Gasteiger partial charge in [-0.3, -0.25) is 14.4 Å². The van der Waals surface area contributed by atoms with E-state index in [2.05, 4.69) is 31.4 Å². The van der Waals surface area contributed by atoms with Crippen molar-refractivity contribution in [1.29, 1.82) is 0 Å². The van der Waals surface area contributed by atoms with Crippen molar-refractivity contribution >= 4 is 36.0 Å². The number of hydrogen-bond acceptors (Lipinski definition) is 8. The first-order chi connectivity index (χ1) is 20.2. The Kier molecular flexibility index (Phi) is 11.5. The second kappa shape index (κ2) is 14.5. The molecule has 2 aromatic rings. The van der Waals surface area contributed by atoms with Crippen molar-refractivity contribution in [3.8, 4) is 0 Å². The van der Waals surface area contributed by atoms with Crippen LogP contribution in [0.15, 0.2) is 42.5 Å². The van der Waals surface area contributed by atoms with Crippen molar-refractivity contribution in [2.24, 2.45) is 17.2 Å². The standard InChI is InChI=1S/C31H47BN6O5/c1-30(2,3)21-8-6-20(7-9-21)18-26(37-28(40)25(35)12-13-27(39)38(16-14-33)17-15-34)29(41)36-22-10-11-23-24(19-22)32(42)43-31(23,4)5/h6-11,19,25-26,42H,12-18,33-35H2,1-5H3,(H,36,41)(H,37,40). The van der Waals surface area contributed by atoms with E-state index in [1.807, 2.05) is 44.2 Å². The highest BCUT2D eigenvalue weighted by molar-refractivity contribution is 6.62. The topological polar surface area (TPSA) is 186 Å². The van der Waals surface area contributed by atoms with Gasteiger partial charge in [0.2, 0.25) is 17.7 Å². The van der Waals surface area contributed by atoms with E-state index >= 15 is 0 Å². The van der Waals surface area contributed by atoms with Crippen LogP contribution in [0, 0.1) is 0 Å². The fourth-order valence-electron chi connectivity index (χ4n) is 5.13. The van der Waals surface area contributed by atoms with E-state index in [0.29, 0.717) is 37.3 Å². The van der Waals surface area contributed by atoms with Crippen molar-refractivity contribution in [2.75, 3.05) is 31.5 Å². The number of anilines is 1. The van der Waals surface area contributed by atoms with Crippen LogP contribution in [0.25, 0.3) is 0 Å². The molecule has 9 N–H and O–H groups in total. The van der Waals surface area contributed by atoms with Gasteiger partial charge in [-0.1, -0.05) is 51.1 Å². The molecule has 1 heterocycles. The molecule has 0 aliphatic carbocycles. The molecule has 1 aliphatic rings. The van der Waals surface area contributed by atoms with E-state index in [0.717, 1.165) is 16.7 Å². The summed E-state index contributed by atoms with van der Waals surface area (Å²) in [4.78, 5) is 40.9. The summed E-state index contributed by atoms with van der Waals surface area (Å²) in [6, 6.07) is 11.2. The first-order valence-corrected chi connectivity index (χ1v) is 14.8. The number of amides is 3. The number of carbonyl (C=O) groups is 3. The first-order valence-electron chi connectivity index (χ1n) is 14.8. The van der Waals surface area contributed by atoms with E-state index in [1.54, 1.807) is 17.0 Å². The van der Waals surface area contributed by atoms with Crippen molar-refractivity contribution in [2.45, 2.75) is 77.0 Å². The van der Waals surface area contributed by atoms with Crippen LogP contribution in [0.1, 0.15) is 64.2 Å². The zero-order chi connectivity index (χ0) is 31.9. The average Bonchev–Trinajstić information content (AvgIpc) is 3.17. The largest absolute Gasteiger partial charge is 0.492 e. The number of benzene rings is 2. The van der Waals surface area contributed by atoms with Crippen LogP contribution in [0.3, 0.4) is 0 Å². The van der Waals surface area contributed by atoms with Gasteiger partial charge in [-0.15, -0.1) is 0 Å². The molecule has 0 bridgehead atoms. The molecule has 3 rings (SSSR count). The van der Waals surface area contributed by atoms with Gasteiger partial charge >= 0.3 is 7.12 Å². The van der Waals surface area contributed by atoms with Gasteiger partial charge in [0.25, 0.3) is 0 Å². The number of hydrogen-bond donors (Lipinski definition) is 6. The van der Waals surface area contributed by atoms with E-state index in [-0.39, 0.29) is 30.6 Å². The molecule has 2 aromatic carbocycles. The van der Waals surface area contributed by atoms with Crippen LogP contribution in [0.4, 0.5) is 5.69 Å². The predicted molar refractivity (Wildman–Crippen MR) is 169 cm³/mol. The molecule has 0 spiro atoms. The molecule has 234 valence electrons. The molecule has 2 atom stereocenters. The van der Waals surface area contributed by atoms with Crippen molar-refractivity contribution < 1.29 is 24.1 Å². The molecular formula is C31H47BN6O5. The van der Waals surface area contributed by atoms with Crippen LogP contribution in [0.5, 0.6) is 0 Å². The number of nitrogens with two attached hydrogens (primary N) is 3. The smallest absolute Gasteiger partial charge is 0.423 e. The minimum absolute atomic E-state index is 0.0337. The molecule has 0 saturated carbocycles. The Morgan fingerprint density at radius 1 is 1.02 bits per heavy atom. The highest BCUT2D eigenvalue weighted by Gasteiger charge is 2.40. The number of nitrogens with zero attached hydrogens (tertiary/aromatic N) is 1. The summed E-state index contributed by atoms with van der Waals surface area (Å²) in [5.41, 5.74) is 20.5. The average molecular weight is 595 g/mol. The van der Waals surface area contributed by atoms with E-state index < -0.39 is 36.6 Å². The van der Waals surface area contributed by atoms with Crippen LogP contribution >= 0.6 is 0 Å². The lowest BCUT2D eigenvalue weighted by atomic mass is 9.78. The second-order valence-electron chi connectivity index (χ2n) is 12.6. The van der Waals surface area contributed by atoms with E-state index in [9.17, 15) is 19.4 Å². The van der Waals surface area contributed by atoms with Crippen molar-refractivity contribution in [3.63, 3.8) is 0 Å². The number of rotatable bonds is 13. The SMILES string of the molecule is CC(C)(C)c1ccc(CC(NC(=O)C(N)CCC(=O)N(CCN)CCN)C(=O)Nc2ccc3c(c2)B(O)OC3(C)C)cc1. The van der Waals surface area contributed by atoms with Gasteiger partial charge in [-0.05, 0) is 60.0 Å². The molecule has 1 aliphatic heterocycles. The second-order valence-corrected chi connectivity index (χ2v) is 12.6. The van der Waals surface area contributed by atoms with Crippen molar-refractivity contribution in [1.82, 2.24) is 10.2 Å². The molecule has 3 amide bonds. The quantitative estimate of drug-likeness (QED) is 0.181. The predicted octanol–water partition coefficient (Wildman–Crippen LogP) is 0.456. The summed E-state index contributed by atoms with van der Waals surface area (Å²) < 4.78 is 5.63. The lowest BCUT2D eigenvalue weighted by Crippen LogP contribution is -2.51. The Hall–Kier alpha value is -3.29. The Morgan fingerprint density at radius 2 is 1.65 bits per heavy atom. The third-order valence-electron chi connectivity index (χ3n) is 7.69. The summed E-state index contributed by atoms with van der Waals surface area (Å²) in [6.07, 6.45) is 0.372. The number of carbonyl (C=O) groups excluding carboxylic acids is 3. The Balaban J connectivity index is 1.75. The monoisotopic (exact) mass is 594 g/mol. The van der Waals surface area contributed by atoms with Gasteiger partial charge in [0.15, 0.2) is 0 Å². The normalized spacial score (nSPS) is 15.4. The molecule has 0 fully saturated rings. The molecule has 0 aromatic heterocycles. The number of nitrogens with one attached hydrogen (secondary N) is 2. The Labute approximate surface area is 255 Å². The molecule has 0 saturated heterocycles. The highest BCUT2D eigenvalue weighted by atomic mass is 16.5. The Morgan fingerprint density at radius 3 is 2.23 bits per heavy atom. The fourth-order valence-corrected chi connectivity index (χ4v) is 5.13. The molecule has 0 radical (unpaired) electrons. The van der Waals surface area contributed by atoms with E-state index in [4.69, 9.17) is 21.9 Å². The molecule has 2 unspecified atom stereocenters. The molecular weight excluding hydrogens is 547 g/mol. The minimum Gasteiger partial charge on any atom is -0.423 e. The van der Waals surface area contributed by atoms with E-state index in [1.165, 1.54) is 0 Å². The summed E-state index contributed by atoms with van der Waals surface area (Å²) in [5, 5.41) is 16.0. The minimum atomic E-state index is -1.11. The van der Waals surface area contributed by atoms with Gasteiger partial charge in [0, 0.05) is 44.7 Å². The lowest BCUT2D eigenvalue weighted by Gasteiger charge is -2.24. The van der Waals surface area contributed by atoms with Crippen LogP contribution in [-0.2, 0) is 36.5 Å². The lowest BCUT2D eigenvalue weighted by molar-refractivity contribution is -0.131. The zero-order valence-corrected chi connectivity index (χ0v) is 26.0. The van der Waals surface area contributed by atoms with Gasteiger partial charge < -0.3 is 42.4 Å². The summed E-state index contributed by atoms with van der Waals surface area (Å²) in [6.45, 7) is 11.4. The maximum atomic E-state index is 13.6. The van der Waals surface area contributed by atoms with Crippen LogP contribution in [-0.4, -0.2) is 73.0 Å². The fraction of sp³-hybridized carbons (Fsp3) is 0.516. The molecule has 12 heteroatoms. The highest BCUT2D eigenvalue weighted by Crippen LogP contribution is 2.30. The van der Waals surface area contributed by atoms with Gasteiger partial charge in [0.1, 0.15) is 6.04 Å². The maximum Gasteiger partial charge on any atom is 0.492 e. The molecule has 11 nitrogen and oxygen atoms in total. The van der Waals surface area contributed by atoms with Crippen LogP contribution in [0.2, 0.25) is 0 Å². The Bertz CT molecular complexity index is 1270. The zero-order valence-electron chi connectivity index (χ0n) is 26.0. The summed E-state index contributed by atoms with van der Waals surface area (Å²) in [5.74, 6) is -1.16. The van der Waals surface area contributed by atoms with Crippen LogP contribution < -0.4 is 33.3 Å². The first kappa shape index (κ1) is 34.2. The van der Waals surface area contributed by atoms with Crippen molar-refractivity contribution in [3.05, 3.63) is 59.2 Å².